The van der Waals surface area contributed by atoms with E-state index < -0.39 is 0 Å². The maximum absolute atomic E-state index is 11.9. The minimum atomic E-state index is -0.317. The monoisotopic (exact) mass is 269 g/mol. The van der Waals surface area contributed by atoms with Gasteiger partial charge in [0, 0.05) is 13.0 Å². The number of rotatable bonds is 1. The van der Waals surface area contributed by atoms with Crippen molar-refractivity contribution in [2.45, 2.75) is 24.6 Å². The summed E-state index contributed by atoms with van der Waals surface area (Å²) in [6, 6.07) is 0. The van der Waals surface area contributed by atoms with Gasteiger partial charge in [-0.1, -0.05) is 11.6 Å². The molecule has 2 atom stereocenters. The van der Waals surface area contributed by atoms with Crippen molar-refractivity contribution in [2.24, 2.45) is 0 Å². The molecule has 96 valence electrons. The summed E-state index contributed by atoms with van der Waals surface area (Å²) in [6.07, 6.45) is 1.21. The summed E-state index contributed by atoms with van der Waals surface area (Å²) < 4.78 is 12.6. The Kier molecular flexibility index (Phi) is 1.88. The Balaban J connectivity index is 1.97. The Hall–Kier alpha value is -1.27. The molecule has 0 radical (unpaired) electrons. The van der Waals surface area contributed by atoms with E-state index in [4.69, 9.17) is 21.1 Å². The van der Waals surface area contributed by atoms with E-state index in [9.17, 15) is 4.79 Å². The normalized spacial score (nSPS) is 31.7. The Labute approximate surface area is 108 Å². The predicted octanol–water partition coefficient (Wildman–Crippen LogP) is 0.267. The lowest BCUT2D eigenvalue weighted by atomic mass is 10.0. The van der Waals surface area contributed by atoms with Gasteiger partial charge in [0.15, 0.2) is 16.7 Å². The molecule has 4 heterocycles. The first-order valence-electron chi connectivity index (χ1n) is 5.88. The third-order valence-corrected chi connectivity index (χ3v) is 4.39. The molecule has 4 rings (SSSR count). The van der Waals surface area contributed by atoms with Gasteiger partial charge in [-0.2, -0.15) is 4.98 Å². The molecule has 6 nitrogen and oxygen atoms in total. The van der Waals surface area contributed by atoms with Gasteiger partial charge in [-0.05, 0) is 0 Å². The van der Waals surface area contributed by atoms with E-state index in [-0.39, 0.29) is 22.5 Å². The number of anilines is 1. The van der Waals surface area contributed by atoms with Crippen LogP contribution in [0.5, 0.6) is 5.75 Å². The van der Waals surface area contributed by atoms with Crippen LogP contribution >= 0.6 is 11.6 Å². The fourth-order valence-electron chi connectivity index (χ4n) is 3.41. The molecule has 0 N–H and O–H groups in total. The number of hydrogen-bond acceptors (Lipinski definition) is 5. The highest BCUT2D eigenvalue weighted by molar-refractivity contribution is 6.31. The molecule has 3 aliphatic heterocycles. The predicted molar refractivity (Wildman–Crippen MR) is 64.5 cm³/mol. The molecule has 1 aromatic heterocycles. The zero-order valence-electron chi connectivity index (χ0n) is 9.85. The van der Waals surface area contributed by atoms with Crippen LogP contribution in [0.4, 0.5) is 5.82 Å². The number of hydrogen-bond donors (Lipinski definition) is 0. The number of ether oxygens (including phenoxy) is 2. The second kappa shape index (κ2) is 3.19. The maximum Gasteiger partial charge on any atom is 0.350 e. The molecule has 0 aliphatic carbocycles. The van der Waals surface area contributed by atoms with Crippen molar-refractivity contribution in [2.75, 3.05) is 25.2 Å². The smallest absolute Gasteiger partial charge is 0.350 e. The van der Waals surface area contributed by atoms with Crippen molar-refractivity contribution in [3.63, 3.8) is 0 Å². The summed E-state index contributed by atoms with van der Waals surface area (Å²) in [7, 11) is 1.55. The lowest BCUT2D eigenvalue weighted by Gasteiger charge is -2.32. The van der Waals surface area contributed by atoms with Crippen LogP contribution in [0.25, 0.3) is 0 Å². The Morgan fingerprint density at radius 3 is 3.17 bits per heavy atom. The van der Waals surface area contributed by atoms with Crippen molar-refractivity contribution in [3.8, 4) is 5.75 Å². The van der Waals surface area contributed by atoms with Crippen molar-refractivity contribution in [1.82, 2.24) is 9.55 Å². The van der Waals surface area contributed by atoms with E-state index >= 15 is 0 Å². The van der Waals surface area contributed by atoms with Gasteiger partial charge in [0.1, 0.15) is 0 Å². The zero-order valence-corrected chi connectivity index (χ0v) is 10.6. The van der Waals surface area contributed by atoms with E-state index in [1.165, 1.54) is 0 Å². The topological polar surface area (TPSA) is 56.6 Å². The van der Waals surface area contributed by atoms with Gasteiger partial charge in [0.05, 0.1) is 31.9 Å². The van der Waals surface area contributed by atoms with Gasteiger partial charge in [0.25, 0.3) is 0 Å². The van der Waals surface area contributed by atoms with E-state index in [1.807, 2.05) is 0 Å². The number of aromatic nitrogens is 2. The first-order valence-corrected chi connectivity index (χ1v) is 6.26. The molecule has 2 bridgehead atoms. The molecule has 2 fully saturated rings. The number of nitrogens with zero attached hydrogens (tertiary/aromatic N) is 3. The largest absolute Gasteiger partial charge is 0.490 e. The summed E-state index contributed by atoms with van der Waals surface area (Å²) in [6.45, 7) is 2.05. The summed E-state index contributed by atoms with van der Waals surface area (Å²) in [5, 5.41) is 0.134. The SMILES string of the molecule is COc1c(Cl)nc(=O)n2c1N1C[C@@H]3C[C@]1(CO3)C2. The summed E-state index contributed by atoms with van der Waals surface area (Å²) in [4.78, 5) is 18.0. The van der Waals surface area contributed by atoms with Crippen molar-refractivity contribution < 1.29 is 9.47 Å². The number of fused-ring (bicyclic) bond motifs is 3. The fraction of sp³-hybridized carbons (Fsp3) is 0.636. The standard InChI is InChI=1S/C11H12ClN3O3/c1-17-7-8(12)13-10(16)14-4-11-2-6(18-5-11)3-15(11)9(7)14/h6H,2-5H2,1H3/t6-,11+/m0/s1. The number of halogens is 1. The number of methoxy groups -OCH3 is 1. The van der Waals surface area contributed by atoms with Crippen LogP contribution in [0.15, 0.2) is 4.79 Å². The minimum absolute atomic E-state index is 0.101. The van der Waals surface area contributed by atoms with Crippen LogP contribution in [0.2, 0.25) is 5.15 Å². The molecular weight excluding hydrogens is 258 g/mol. The van der Waals surface area contributed by atoms with E-state index in [1.54, 1.807) is 11.7 Å². The quantitative estimate of drug-likeness (QED) is 0.685. The third-order valence-electron chi connectivity index (χ3n) is 4.14. The highest BCUT2D eigenvalue weighted by Crippen LogP contribution is 2.50. The molecular formula is C11H12ClN3O3. The first kappa shape index (κ1) is 10.6. The van der Waals surface area contributed by atoms with Crippen LogP contribution in [0.1, 0.15) is 6.42 Å². The van der Waals surface area contributed by atoms with E-state index in [0.717, 1.165) is 18.8 Å². The Morgan fingerprint density at radius 2 is 2.44 bits per heavy atom. The van der Waals surface area contributed by atoms with Gasteiger partial charge < -0.3 is 14.4 Å². The average molecular weight is 270 g/mol. The van der Waals surface area contributed by atoms with Crippen molar-refractivity contribution >= 4 is 17.4 Å². The van der Waals surface area contributed by atoms with E-state index in [2.05, 4.69) is 9.88 Å². The van der Waals surface area contributed by atoms with Crippen molar-refractivity contribution in [3.05, 3.63) is 15.6 Å². The Bertz CT molecular complexity index is 602. The maximum atomic E-state index is 11.9. The summed E-state index contributed by atoms with van der Waals surface area (Å²) in [5.74, 6) is 1.24. The third kappa shape index (κ3) is 1.08. The first-order chi connectivity index (χ1) is 8.64. The lowest BCUT2D eigenvalue weighted by Crippen LogP contribution is -2.46. The molecule has 3 aliphatic rings. The second-order valence-corrected chi connectivity index (χ2v) is 5.46. The van der Waals surface area contributed by atoms with Gasteiger partial charge >= 0.3 is 5.69 Å². The van der Waals surface area contributed by atoms with Crippen LogP contribution < -0.4 is 15.3 Å². The van der Waals surface area contributed by atoms with Crippen molar-refractivity contribution in [1.29, 1.82) is 0 Å². The molecule has 7 heteroatoms. The highest BCUT2D eigenvalue weighted by atomic mass is 35.5. The van der Waals surface area contributed by atoms with Gasteiger partial charge in [0.2, 0.25) is 0 Å². The molecule has 0 amide bonds. The van der Waals surface area contributed by atoms with Gasteiger partial charge in [-0.25, -0.2) is 4.79 Å². The molecule has 1 aromatic rings. The summed E-state index contributed by atoms with van der Waals surface area (Å²) in [5.41, 5.74) is -0.417. The van der Waals surface area contributed by atoms with Gasteiger partial charge in [-0.15, -0.1) is 0 Å². The van der Waals surface area contributed by atoms with Crippen LogP contribution in [0.3, 0.4) is 0 Å². The average Bonchev–Trinajstić information content (AvgIpc) is 2.97. The van der Waals surface area contributed by atoms with Crippen LogP contribution in [0, 0.1) is 0 Å². The molecule has 0 saturated carbocycles. The number of morpholine rings is 1. The zero-order chi connectivity index (χ0) is 12.5. The highest BCUT2D eigenvalue weighted by Gasteiger charge is 2.57. The van der Waals surface area contributed by atoms with Crippen LogP contribution in [-0.4, -0.2) is 41.5 Å². The Morgan fingerprint density at radius 1 is 1.61 bits per heavy atom. The van der Waals surface area contributed by atoms with Crippen LogP contribution in [-0.2, 0) is 11.3 Å². The molecule has 0 aromatic carbocycles. The second-order valence-electron chi connectivity index (χ2n) is 5.10. The van der Waals surface area contributed by atoms with E-state index in [0.29, 0.717) is 18.9 Å². The molecule has 18 heavy (non-hydrogen) atoms. The van der Waals surface area contributed by atoms with Gasteiger partial charge in [-0.3, -0.25) is 4.57 Å². The lowest BCUT2D eigenvalue weighted by molar-refractivity contribution is 0.0855. The molecule has 0 unspecified atom stereocenters. The summed E-state index contributed by atoms with van der Waals surface area (Å²) >= 11 is 6.00. The molecule has 1 spiro atoms. The fourth-order valence-corrected chi connectivity index (χ4v) is 3.64. The minimum Gasteiger partial charge on any atom is -0.490 e. The molecule has 2 saturated heterocycles.